The standard InChI is InChI=1S/C17H23N3O3S/c1-13-10-15-4-3-5-16(17(15)18-11-13)24(21,22)19-12-14(2)20-6-8-23-9-7-20/h3-5,10-11,14,19H,6-9,12H2,1-2H3/t14-/m0/s1. The van der Waals surface area contributed by atoms with Gasteiger partial charge in [0.05, 0.1) is 18.7 Å². The number of nitrogens with one attached hydrogen (secondary N) is 1. The third-order valence-electron chi connectivity index (χ3n) is 4.34. The molecular weight excluding hydrogens is 326 g/mol. The first kappa shape index (κ1) is 17.3. The Kier molecular flexibility index (Phi) is 5.15. The quantitative estimate of drug-likeness (QED) is 0.887. The fraction of sp³-hybridized carbons (Fsp3) is 0.471. The van der Waals surface area contributed by atoms with Crippen LogP contribution in [-0.4, -0.2) is 57.2 Å². The molecule has 0 saturated carbocycles. The van der Waals surface area contributed by atoms with Gasteiger partial charge in [0.25, 0.3) is 0 Å². The molecule has 1 fully saturated rings. The van der Waals surface area contributed by atoms with Gasteiger partial charge in [0.2, 0.25) is 10.0 Å². The van der Waals surface area contributed by atoms with E-state index in [1.807, 2.05) is 26.0 Å². The van der Waals surface area contributed by atoms with Crippen LogP contribution in [0.2, 0.25) is 0 Å². The third-order valence-corrected chi connectivity index (χ3v) is 5.79. The highest BCUT2D eigenvalue weighted by atomic mass is 32.2. The minimum Gasteiger partial charge on any atom is -0.379 e. The Balaban J connectivity index is 1.78. The van der Waals surface area contributed by atoms with Gasteiger partial charge in [-0.3, -0.25) is 9.88 Å². The second-order valence-electron chi connectivity index (χ2n) is 6.19. The second-order valence-corrected chi connectivity index (χ2v) is 7.93. The van der Waals surface area contributed by atoms with Gasteiger partial charge in [0.1, 0.15) is 4.90 Å². The van der Waals surface area contributed by atoms with Crippen molar-refractivity contribution in [1.29, 1.82) is 0 Å². The molecule has 1 atom stereocenters. The lowest BCUT2D eigenvalue weighted by Gasteiger charge is -2.32. The van der Waals surface area contributed by atoms with E-state index >= 15 is 0 Å². The number of ether oxygens (including phenoxy) is 1. The smallest absolute Gasteiger partial charge is 0.242 e. The van der Waals surface area contributed by atoms with Crippen LogP contribution in [0.3, 0.4) is 0 Å². The molecule has 1 aromatic heterocycles. The van der Waals surface area contributed by atoms with Gasteiger partial charge in [0.15, 0.2) is 0 Å². The van der Waals surface area contributed by atoms with Crippen molar-refractivity contribution in [2.45, 2.75) is 24.8 Å². The molecule has 1 N–H and O–H groups in total. The first-order valence-corrected chi connectivity index (χ1v) is 9.62. The lowest BCUT2D eigenvalue weighted by Crippen LogP contribution is -2.47. The van der Waals surface area contributed by atoms with Crippen LogP contribution in [0.5, 0.6) is 0 Å². The molecule has 2 aromatic rings. The molecule has 0 spiro atoms. The molecule has 0 aliphatic carbocycles. The highest BCUT2D eigenvalue weighted by Crippen LogP contribution is 2.21. The molecule has 1 aliphatic heterocycles. The average molecular weight is 349 g/mol. The molecule has 1 saturated heterocycles. The summed E-state index contributed by atoms with van der Waals surface area (Å²) >= 11 is 0. The summed E-state index contributed by atoms with van der Waals surface area (Å²) in [7, 11) is -3.60. The van der Waals surface area contributed by atoms with E-state index in [1.165, 1.54) is 0 Å². The summed E-state index contributed by atoms with van der Waals surface area (Å²) in [6.45, 7) is 7.39. The van der Waals surface area contributed by atoms with E-state index in [9.17, 15) is 8.42 Å². The van der Waals surface area contributed by atoms with Crippen LogP contribution >= 0.6 is 0 Å². The van der Waals surface area contributed by atoms with Crippen molar-refractivity contribution in [3.05, 3.63) is 36.0 Å². The Labute approximate surface area is 142 Å². The number of hydrogen-bond acceptors (Lipinski definition) is 5. The maximum absolute atomic E-state index is 12.7. The molecule has 0 radical (unpaired) electrons. The molecule has 0 bridgehead atoms. The zero-order valence-corrected chi connectivity index (χ0v) is 14.8. The molecule has 24 heavy (non-hydrogen) atoms. The molecule has 2 heterocycles. The van der Waals surface area contributed by atoms with Crippen molar-refractivity contribution in [3.63, 3.8) is 0 Å². The predicted molar refractivity (Wildman–Crippen MR) is 93.5 cm³/mol. The van der Waals surface area contributed by atoms with Crippen LogP contribution in [0.1, 0.15) is 12.5 Å². The van der Waals surface area contributed by atoms with Gasteiger partial charge in [-0.1, -0.05) is 12.1 Å². The Morgan fingerprint density at radius 2 is 2.08 bits per heavy atom. The van der Waals surface area contributed by atoms with Crippen LogP contribution in [0.15, 0.2) is 35.4 Å². The molecule has 7 heteroatoms. The number of hydrogen-bond donors (Lipinski definition) is 1. The summed E-state index contributed by atoms with van der Waals surface area (Å²) in [6, 6.07) is 7.30. The fourth-order valence-electron chi connectivity index (χ4n) is 2.92. The van der Waals surface area contributed by atoms with E-state index in [1.54, 1.807) is 18.3 Å². The van der Waals surface area contributed by atoms with Gasteiger partial charge >= 0.3 is 0 Å². The molecule has 6 nitrogen and oxygen atoms in total. The number of sulfonamides is 1. The van der Waals surface area contributed by atoms with E-state index in [-0.39, 0.29) is 10.9 Å². The minimum atomic E-state index is -3.60. The van der Waals surface area contributed by atoms with E-state index in [0.717, 1.165) is 24.0 Å². The second kappa shape index (κ2) is 7.14. The third kappa shape index (κ3) is 3.75. The van der Waals surface area contributed by atoms with Gasteiger partial charge in [-0.2, -0.15) is 0 Å². The summed E-state index contributed by atoms with van der Waals surface area (Å²) in [5.41, 5.74) is 1.51. The number of fused-ring (bicyclic) bond motifs is 1. The van der Waals surface area contributed by atoms with Crippen molar-refractivity contribution in [2.75, 3.05) is 32.8 Å². The van der Waals surface area contributed by atoms with Gasteiger partial charge in [-0.05, 0) is 31.5 Å². The highest BCUT2D eigenvalue weighted by molar-refractivity contribution is 7.89. The van der Waals surface area contributed by atoms with Crippen molar-refractivity contribution in [2.24, 2.45) is 0 Å². The Bertz CT molecular complexity index is 817. The van der Waals surface area contributed by atoms with E-state index in [4.69, 9.17) is 4.74 Å². The van der Waals surface area contributed by atoms with Crippen LogP contribution in [0, 0.1) is 6.92 Å². The number of benzene rings is 1. The molecule has 3 rings (SSSR count). The summed E-state index contributed by atoms with van der Waals surface area (Å²) in [4.78, 5) is 6.78. The summed E-state index contributed by atoms with van der Waals surface area (Å²) in [6.07, 6.45) is 1.69. The Morgan fingerprint density at radius 3 is 2.83 bits per heavy atom. The topological polar surface area (TPSA) is 71.5 Å². The monoisotopic (exact) mass is 349 g/mol. The first-order valence-electron chi connectivity index (χ1n) is 8.14. The number of aryl methyl sites for hydroxylation is 1. The van der Waals surface area contributed by atoms with Crippen LogP contribution in [0.25, 0.3) is 10.9 Å². The number of pyridine rings is 1. The molecule has 0 unspecified atom stereocenters. The summed E-state index contributed by atoms with van der Waals surface area (Å²) in [5, 5.41) is 0.833. The minimum absolute atomic E-state index is 0.119. The van der Waals surface area contributed by atoms with Crippen LogP contribution in [-0.2, 0) is 14.8 Å². The number of nitrogens with zero attached hydrogens (tertiary/aromatic N) is 2. The normalized spacial score (nSPS) is 17.9. The van der Waals surface area contributed by atoms with E-state index < -0.39 is 10.0 Å². The van der Waals surface area contributed by atoms with Gasteiger partial charge in [-0.25, -0.2) is 13.1 Å². The molecular formula is C17H23N3O3S. The average Bonchev–Trinajstić information content (AvgIpc) is 2.59. The maximum atomic E-state index is 12.7. The van der Waals surface area contributed by atoms with Crippen LogP contribution in [0.4, 0.5) is 0 Å². The number of morpholine rings is 1. The van der Waals surface area contributed by atoms with Crippen LogP contribution < -0.4 is 4.72 Å². The lowest BCUT2D eigenvalue weighted by molar-refractivity contribution is 0.0213. The zero-order valence-electron chi connectivity index (χ0n) is 14.0. The van der Waals surface area contributed by atoms with Gasteiger partial charge in [-0.15, -0.1) is 0 Å². The first-order chi connectivity index (χ1) is 11.5. The van der Waals surface area contributed by atoms with Crippen molar-refractivity contribution in [3.8, 4) is 0 Å². The molecule has 1 aliphatic rings. The highest BCUT2D eigenvalue weighted by Gasteiger charge is 2.22. The largest absolute Gasteiger partial charge is 0.379 e. The molecule has 130 valence electrons. The van der Waals surface area contributed by atoms with Gasteiger partial charge < -0.3 is 4.74 Å². The summed E-state index contributed by atoms with van der Waals surface area (Å²) in [5.74, 6) is 0. The number of rotatable bonds is 5. The fourth-order valence-corrected chi connectivity index (χ4v) is 4.21. The lowest BCUT2D eigenvalue weighted by atomic mass is 10.2. The number of aromatic nitrogens is 1. The van der Waals surface area contributed by atoms with Crippen molar-refractivity contribution >= 4 is 20.9 Å². The zero-order chi connectivity index (χ0) is 17.2. The van der Waals surface area contributed by atoms with E-state index in [0.29, 0.717) is 25.3 Å². The van der Waals surface area contributed by atoms with Crippen molar-refractivity contribution in [1.82, 2.24) is 14.6 Å². The van der Waals surface area contributed by atoms with Crippen molar-refractivity contribution < 1.29 is 13.2 Å². The Hall–Kier alpha value is -1.54. The van der Waals surface area contributed by atoms with Gasteiger partial charge in [0, 0.05) is 37.3 Å². The molecule has 0 amide bonds. The predicted octanol–water partition coefficient (Wildman–Crippen LogP) is 1.54. The summed E-state index contributed by atoms with van der Waals surface area (Å²) < 4.78 is 33.5. The molecule has 1 aromatic carbocycles. The van der Waals surface area contributed by atoms with E-state index in [2.05, 4.69) is 14.6 Å². The Morgan fingerprint density at radius 1 is 1.33 bits per heavy atom. The SMILES string of the molecule is Cc1cnc2c(S(=O)(=O)NC[C@H](C)N3CCOCC3)cccc2c1. The number of para-hydroxylation sites is 1. The maximum Gasteiger partial charge on any atom is 0.242 e.